The largest absolute Gasteiger partial charge is 0.483 e. The van der Waals surface area contributed by atoms with Gasteiger partial charge in [-0.3, -0.25) is 9.59 Å². The van der Waals surface area contributed by atoms with Crippen LogP contribution >= 0.6 is 15.9 Å². The van der Waals surface area contributed by atoms with Crippen LogP contribution in [0.25, 0.3) is 0 Å². The van der Waals surface area contributed by atoms with Crippen LogP contribution in [0, 0.1) is 0 Å². The number of hydrogen-bond acceptors (Lipinski definition) is 3. The number of aryl methyl sites for hydroxylation is 1. The molecular weight excluding hydrogens is 432 g/mol. The van der Waals surface area contributed by atoms with Gasteiger partial charge in [-0.05, 0) is 59.0 Å². The Labute approximate surface area is 181 Å². The van der Waals surface area contributed by atoms with E-state index in [0.29, 0.717) is 25.3 Å². The first kappa shape index (κ1) is 22.9. The third kappa shape index (κ3) is 6.60. The van der Waals surface area contributed by atoms with Crippen LogP contribution in [0.4, 0.5) is 0 Å². The lowest BCUT2D eigenvalue weighted by Crippen LogP contribution is -2.50. The van der Waals surface area contributed by atoms with Gasteiger partial charge in [0.1, 0.15) is 11.8 Å². The quantitative estimate of drug-likeness (QED) is 0.573. The Kier molecular flexibility index (Phi) is 9.19. The van der Waals surface area contributed by atoms with Crippen LogP contribution < -0.4 is 10.1 Å². The molecule has 0 spiro atoms. The predicted molar refractivity (Wildman–Crippen MR) is 119 cm³/mol. The second-order valence-corrected chi connectivity index (χ2v) is 7.59. The third-order valence-electron chi connectivity index (χ3n) is 4.69. The summed E-state index contributed by atoms with van der Waals surface area (Å²) in [5, 5.41) is 2.83. The molecule has 0 aliphatic carbocycles. The van der Waals surface area contributed by atoms with Crippen LogP contribution in [-0.2, 0) is 22.6 Å². The highest BCUT2D eigenvalue weighted by molar-refractivity contribution is 9.10. The van der Waals surface area contributed by atoms with E-state index >= 15 is 0 Å². The number of carbonyl (C=O) groups is 2. The van der Waals surface area contributed by atoms with E-state index in [9.17, 15) is 9.59 Å². The molecule has 2 aromatic carbocycles. The molecule has 5 nitrogen and oxygen atoms in total. The van der Waals surface area contributed by atoms with Crippen LogP contribution in [0.2, 0.25) is 0 Å². The molecule has 1 atom stereocenters. The average molecular weight is 461 g/mol. The summed E-state index contributed by atoms with van der Waals surface area (Å²) in [7, 11) is 0. The lowest BCUT2D eigenvalue weighted by Gasteiger charge is -2.30. The van der Waals surface area contributed by atoms with E-state index in [0.717, 1.165) is 16.5 Å². The van der Waals surface area contributed by atoms with Crippen LogP contribution in [0.1, 0.15) is 38.3 Å². The number of carbonyl (C=O) groups excluding carboxylic acids is 2. The van der Waals surface area contributed by atoms with Crippen molar-refractivity contribution in [1.29, 1.82) is 0 Å². The Balaban J connectivity index is 2.17. The Hall–Kier alpha value is -2.34. The summed E-state index contributed by atoms with van der Waals surface area (Å²) >= 11 is 3.50. The average Bonchev–Trinajstić information content (AvgIpc) is 2.73. The molecule has 0 saturated carbocycles. The summed E-state index contributed by atoms with van der Waals surface area (Å²) in [5.74, 6) is 0.243. The maximum Gasteiger partial charge on any atom is 0.261 e. The third-order valence-corrected chi connectivity index (χ3v) is 5.31. The van der Waals surface area contributed by atoms with Crippen molar-refractivity contribution < 1.29 is 14.3 Å². The van der Waals surface area contributed by atoms with E-state index in [1.807, 2.05) is 62.4 Å². The van der Waals surface area contributed by atoms with Crippen molar-refractivity contribution >= 4 is 27.7 Å². The minimum atomic E-state index is -0.544. The minimum Gasteiger partial charge on any atom is -0.483 e. The Morgan fingerprint density at radius 2 is 1.79 bits per heavy atom. The predicted octanol–water partition coefficient (Wildman–Crippen LogP) is 4.33. The molecule has 0 heterocycles. The number of nitrogens with zero attached hydrogens (tertiary/aromatic N) is 1. The van der Waals surface area contributed by atoms with E-state index in [1.54, 1.807) is 4.90 Å². The number of benzene rings is 2. The first-order valence-electron chi connectivity index (χ1n) is 10.0. The van der Waals surface area contributed by atoms with Gasteiger partial charge in [-0.15, -0.1) is 0 Å². The fraction of sp³-hybridized carbons (Fsp3) is 0.391. The molecule has 0 radical (unpaired) electrons. The van der Waals surface area contributed by atoms with Crippen LogP contribution in [0.15, 0.2) is 53.0 Å². The summed E-state index contributed by atoms with van der Waals surface area (Å²) in [6.07, 6.45) is 1.45. The zero-order valence-electron chi connectivity index (χ0n) is 17.3. The number of amides is 2. The van der Waals surface area contributed by atoms with Crippen molar-refractivity contribution in [2.24, 2.45) is 0 Å². The molecule has 1 unspecified atom stereocenters. The molecule has 1 N–H and O–H groups in total. The summed E-state index contributed by atoms with van der Waals surface area (Å²) in [6, 6.07) is 15.0. The van der Waals surface area contributed by atoms with Crippen molar-refractivity contribution in [3.63, 3.8) is 0 Å². The van der Waals surface area contributed by atoms with Gasteiger partial charge in [-0.25, -0.2) is 0 Å². The number of ether oxygens (including phenoxy) is 1. The van der Waals surface area contributed by atoms with E-state index in [2.05, 4.69) is 28.2 Å². The van der Waals surface area contributed by atoms with Crippen molar-refractivity contribution in [3.8, 4) is 5.75 Å². The summed E-state index contributed by atoms with van der Waals surface area (Å²) in [6.45, 7) is 6.61. The Morgan fingerprint density at radius 3 is 2.38 bits per heavy atom. The Morgan fingerprint density at radius 1 is 1.07 bits per heavy atom. The van der Waals surface area contributed by atoms with Gasteiger partial charge in [0.15, 0.2) is 6.61 Å². The molecule has 2 amide bonds. The van der Waals surface area contributed by atoms with Crippen LogP contribution in [-0.4, -0.2) is 35.9 Å². The van der Waals surface area contributed by atoms with Gasteiger partial charge in [-0.2, -0.15) is 0 Å². The first-order valence-corrected chi connectivity index (χ1v) is 10.8. The highest BCUT2D eigenvalue weighted by Crippen LogP contribution is 2.26. The topological polar surface area (TPSA) is 58.6 Å². The van der Waals surface area contributed by atoms with Crippen molar-refractivity contribution in [3.05, 3.63) is 64.1 Å². The molecule has 0 aliphatic heterocycles. The molecule has 29 heavy (non-hydrogen) atoms. The maximum atomic E-state index is 13.1. The second kappa shape index (κ2) is 11.6. The van der Waals surface area contributed by atoms with Gasteiger partial charge >= 0.3 is 0 Å². The first-order chi connectivity index (χ1) is 14.0. The lowest BCUT2D eigenvalue weighted by molar-refractivity contribution is -0.142. The van der Waals surface area contributed by atoms with E-state index < -0.39 is 6.04 Å². The van der Waals surface area contributed by atoms with Gasteiger partial charge in [-0.1, -0.05) is 50.2 Å². The zero-order chi connectivity index (χ0) is 21.2. The zero-order valence-corrected chi connectivity index (χ0v) is 18.9. The molecule has 6 heteroatoms. The number of nitrogens with one attached hydrogen (secondary N) is 1. The molecule has 2 rings (SSSR count). The number of rotatable bonds is 10. The van der Waals surface area contributed by atoms with Gasteiger partial charge in [0.25, 0.3) is 5.91 Å². The number of halogens is 1. The standard InChI is InChI=1S/C23H29BrN2O3/c1-4-17-12-13-21(19(24)14-17)29-16-22(27)26(15-18-10-8-7-9-11-18)20(5-2)23(28)25-6-3/h7-14,20H,4-6,15-16H2,1-3H3,(H,25,28). The molecule has 0 saturated heterocycles. The van der Waals surface area contributed by atoms with Crippen molar-refractivity contribution in [2.45, 2.75) is 46.2 Å². The Bertz CT molecular complexity index is 811. The van der Waals surface area contributed by atoms with Gasteiger partial charge in [0.2, 0.25) is 5.91 Å². The number of likely N-dealkylation sites (N-methyl/N-ethyl adjacent to an activating group) is 1. The fourth-order valence-electron chi connectivity index (χ4n) is 3.10. The molecule has 0 fully saturated rings. The van der Waals surface area contributed by atoms with Crippen LogP contribution in [0.3, 0.4) is 0 Å². The van der Waals surface area contributed by atoms with Gasteiger partial charge < -0.3 is 15.0 Å². The summed E-state index contributed by atoms with van der Waals surface area (Å²) in [5.41, 5.74) is 2.15. The molecule has 0 aromatic heterocycles. The molecule has 2 aromatic rings. The summed E-state index contributed by atoms with van der Waals surface area (Å²) < 4.78 is 6.60. The van der Waals surface area contributed by atoms with Crippen molar-refractivity contribution in [2.75, 3.05) is 13.2 Å². The van der Waals surface area contributed by atoms with E-state index in [4.69, 9.17) is 4.74 Å². The minimum absolute atomic E-state index is 0.132. The van der Waals surface area contributed by atoms with E-state index in [-0.39, 0.29) is 18.4 Å². The van der Waals surface area contributed by atoms with Crippen LogP contribution in [0.5, 0.6) is 5.75 Å². The summed E-state index contributed by atoms with van der Waals surface area (Å²) in [4.78, 5) is 27.2. The highest BCUT2D eigenvalue weighted by Gasteiger charge is 2.28. The molecule has 156 valence electrons. The smallest absolute Gasteiger partial charge is 0.261 e. The normalized spacial score (nSPS) is 11.6. The molecule has 0 bridgehead atoms. The molecular formula is C23H29BrN2O3. The SMILES string of the molecule is CCNC(=O)C(CC)N(Cc1ccccc1)C(=O)COc1ccc(CC)cc1Br. The maximum absolute atomic E-state index is 13.1. The lowest BCUT2D eigenvalue weighted by atomic mass is 10.1. The van der Waals surface area contributed by atoms with Crippen molar-refractivity contribution in [1.82, 2.24) is 10.2 Å². The van der Waals surface area contributed by atoms with Gasteiger partial charge in [0, 0.05) is 13.1 Å². The second-order valence-electron chi connectivity index (χ2n) is 6.73. The monoisotopic (exact) mass is 460 g/mol. The highest BCUT2D eigenvalue weighted by atomic mass is 79.9. The van der Waals surface area contributed by atoms with Gasteiger partial charge in [0.05, 0.1) is 4.47 Å². The molecule has 0 aliphatic rings. The fourth-order valence-corrected chi connectivity index (χ4v) is 3.64. The number of hydrogen-bond donors (Lipinski definition) is 1. The van der Waals surface area contributed by atoms with E-state index in [1.165, 1.54) is 5.56 Å².